The SMILES string of the molecule is CO[C@@H]1C[C@H]2[C@@H]3CC[C@H]([C@H](C)[C@H]4OC(=O)[C@@H]5C(C)=NO[C@@H]54)[C@@]3(C)CC[C@@H]2[C@@]2(C)CC[C@@H]3C[C@]312. The van der Waals surface area contributed by atoms with Crippen molar-refractivity contribution in [3.05, 3.63) is 0 Å². The molecule has 0 aromatic rings. The first-order valence-electron chi connectivity index (χ1n) is 13.7. The van der Waals surface area contributed by atoms with E-state index in [4.69, 9.17) is 14.3 Å². The van der Waals surface area contributed by atoms with Gasteiger partial charge < -0.3 is 14.3 Å². The van der Waals surface area contributed by atoms with Crippen molar-refractivity contribution < 1.29 is 19.1 Å². The number of hydrogen-bond donors (Lipinski definition) is 0. The number of fused-ring (bicyclic) bond motifs is 5. The highest BCUT2D eigenvalue weighted by atomic mass is 16.7. The minimum atomic E-state index is -0.288. The molecule has 5 nitrogen and oxygen atoms in total. The number of ether oxygens (including phenoxy) is 2. The Morgan fingerprint density at radius 3 is 2.70 bits per heavy atom. The van der Waals surface area contributed by atoms with Gasteiger partial charge in [-0.1, -0.05) is 25.9 Å². The van der Waals surface area contributed by atoms with E-state index in [1.165, 1.54) is 51.4 Å². The largest absolute Gasteiger partial charge is 0.457 e. The Labute approximate surface area is 198 Å². The molecule has 2 heterocycles. The van der Waals surface area contributed by atoms with Crippen molar-refractivity contribution in [1.82, 2.24) is 0 Å². The van der Waals surface area contributed by atoms with Gasteiger partial charge in [-0.05, 0) is 98.7 Å². The lowest BCUT2D eigenvalue weighted by Gasteiger charge is -2.61. The molecule has 2 aliphatic heterocycles. The van der Waals surface area contributed by atoms with E-state index in [1.807, 2.05) is 14.0 Å². The summed E-state index contributed by atoms with van der Waals surface area (Å²) >= 11 is 0. The van der Waals surface area contributed by atoms with E-state index in [1.54, 1.807) is 0 Å². The van der Waals surface area contributed by atoms with Crippen molar-refractivity contribution >= 4 is 11.7 Å². The molecule has 5 aliphatic carbocycles. The summed E-state index contributed by atoms with van der Waals surface area (Å²) in [4.78, 5) is 18.3. The number of carbonyl (C=O) groups is 1. The Kier molecular flexibility index (Phi) is 4.21. The third-order valence-electron chi connectivity index (χ3n) is 13.0. The Balaban J connectivity index is 1.16. The van der Waals surface area contributed by atoms with E-state index in [0.717, 1.165) is 29.4 Å². The monoisotopic (exact) mass is 455 g/mol. The first-order valence-corrected chi connectivity index (χ1v) is 13.7. The van der Waals surface area contributed by atoms with Gasteiger partial charge >= 0.3 is 5.97 Å². The van der Waals surface area contributed by atoms with Crippen LogP contribution in [0.4, 0.5) is 0 Å². The first-order chi connectivity index (χ1) is 15.8. The molecule has 0 amide bonds. The second kappa shape index (κ2) is 6.56. The van der Waals surface area contributed by atoms with E-state index in [9.17, 15) is 4.79 Å². The summed E-state index contributed by atoms with van der Waals surface area (Å²) in [5, 5.41) is 4.15. The highest BCUT2D eigenvalue weighted by Gasteiger charge is 2.77. The summed E-state index contributed by atoms with van der Waals surface area (Å²) in [6, 6.07) is 0. The summed E-state index contributed by atoms with van der Waals surface area (Å²) in [6.07, 6.45) is 10.9. The van der Waals surface area contributed by atoms with Gasteiger partial charge in [0, 0.05) is 18.4 Å². The highest BCUT2D eigenvalue weighted by Crippen LogP contribution is 2.82. The molecule has 7 rings (SSSR count). The molecule has 182 valence electrons. The van der Waals surface area contributed by atoms with Crippen molar-refractivity contribution in [1.29, 1.82) is 0 Å². The molecule has 33 heavy (non-hydrogen) atoms. The maximum Gasteiger partial charge on any atom is 0.319 e. The van der Waals surface area contributed by atoms with Crippen LogP contribution in [-0.4, -0.2) is 37.1 Å². The average molecular weight is 456 g/mol. The van der Waals surface area contributed by atoms with Crippen LogP contribution < -0.4 is 0 Å². The van der Waals surface area contributed by atoms with Crippen molar-refractivity contribution in [2.24, 2.45) is 62.8 Å². The maximum atomic E-state index is 12.6. The van der Waals surface area contributed by atoms with E-state index < -0.39 is 0 Å². The van der Waals surface area contributed by atoms with Gasteiger partial charge in [-0.15, -0.1) is 0 Å². The molecule has 0 aromatic carbocycles. The molecule has 5 heteroatoms. The zero-order chi connectivity index (χ0) is 22.9. The van der Waals surface area contributed by atoms with Crippen molar-refractivity contribution in [3.63, 3.8) is 0 Å². The summed E-state index contributed by atoms with van der Waals surface area (Å²) in [5.74, 6) is 3.81. The molecule has 13 atom stereocenters. The van der Waals surface area contributed by atoms with Gasteiger partial charge in [0.05, 0.1) is 11.8 Å². The second-order valence-electron chi connectivity index (χ2n) is 13.5. The van der Waals surface area contributed by atoms with Gasteiger partial charge in [-0.25, -0.2) is 0 Å². The zero-order valence-electron chi connectivity index (χ0n) is 21.0. The number of carbonyl (C=O) groups excluding carboxylic acids is 1. The Morgan fingerprint density at radius 1 is 1.12 bits per heavy atom. The van der Waals surface area contributed by atoms with Gasteiger partial charge in [0.2, 0.25) is 0 Å². The summed E-state index contributed by atoms with van der Waals surface area (Å²) in [5.41, 5.74) is 2.07. The molecule has 7 aliphatic rings. The Hall–Kier alpha value is -1.10. The Bertz CT molecular complexity index is 918. The summed E-state index contributed by atoms with van der Waals surface area (Å²) in [6.45, 7) is 9.45. The van der Waals surface area contributed by atoms with E-state index in [2.05, 4.69) is 25.9 Å². The maximum absolute atomic E-state index is 12.6. The van der Waals surface area contributed by atoms with Crippen LogP contribution in [0.3, 0.4) is 0 Å². The molecule has 1 spiro atoms. The van der Waals surface area contributed by atoms with E-state index in [0.29, 0.717) is 34.2 Å². The van der Waals surface area contributed by atoms with Crippen LogP contribution in [0.15, 0.2) is 5.16 Å². The average Bonchev–Trinajstić information content (AvgIpc) is 3.06. The minimum absolute atomic E-state index is 0.132. The molecule has 0 unspecified atom stereocenters. The van der Waals surface area contributed by atoms with Crippen LogP contribution in [0.5, 0.6) is 0 Å². The summed E-state index contributed by atoms with van der Waals surface area (Å²) < 4.78 is 12.2. The lowest BCUT2D eigenvalue weighted by Crippen LogP contribution is -2.57. The number of nitrogens with zero attached hydrogens (tertiary/aromatic N) is 1. The van der Waals surface area contributed by atoms with Crippen LogP contribution in [0.25, 0.3) is 0 Å². The zero-order valence-corrected chi connectivity index (χ0v) is 21.0. The van der Waals surface area contributed by atoms with Gasteiger partial charge in [0.1, 0.15) is 12.0 Å². The number of rotatable bonds is 3. The quantitative estimate of drug-likeness (QED) is 0.547. The number of hydrogen-bond acceptors (Lipinski definition) is 5. The molecule has 1 saturated heterocycles. The van der Waals surface area contributed by atoms with E-state index >= 15 is 0 Å². The normalized spacial score (nSPS) is 58.9. The molecule has 0 aromatic heterocycles. The number of oxime groups is 1. The molecular weight excluding hydrogens is 414 g/mol. The number of cyclic esters (lactones) is 1. The molecule has 0 N–H and O–H groups in total. The van der Waals surface area contributed by atoms with Crippen molar-refractivity contribution in [2.75, 3.05) is 7.11 Å². The summed E-state index contributed by atoms with van der Waals surface area (Å²) in [7, 11) is 1.98. The predicted molar refractivity (Wildman–Crippen MR) is 124 cm³/mol. The molecule has 0 radical (unpaired) electrons. The third kappa shape index (κ3) is 2.35. The number of methoxy groups -OCH3 is 1. The molecule has 5 saturated carbocycles. The van der Waals surface area contributed by atoms with Crippen LogP contribution >= 0.6 is 0 Å². The first kappa shape index (κ1) is 21.2. The second-order valence-corrected chi connectivity index (χ2v) is 13.5. The van der Waals surface area contributed by atoms with Gasteiger partial charge in [-0.3, -0.25) is 4.79 Å². The molecule has 0 bridgehead atoms. The van der Waals surface area contributed by atoms with Crippen molar-refractivity contribution in [2.45, 2.75) is 97.4 Å². The third-order valence-corrected chi connectivity index (χ3v) is 13.0. The van der Waals surface area contributed by atoms with Gasteiger partial charge in [0.25, 0.3) is 0 Å². The molecular formula is C28H41NO4. The van der Waals surface area contributed by atoms with Crippen LogP contribution in [0, 0.1) is 57.7 Å². The predicted octanol–water partition coefficient (Wildman–Crippen LogP) is 5.22. The van der Waals surface area contributed by atoms with Gasteiger partial charge in [-0.2, -0.15) is 0 Å². The van der Waals surface area contributed by atoms with Gasteiger partial charge in [0.15, 0.2) is 6.10 Å². The highest BCUT2D eigenvalue weighted by molar-refractivity contribution is 6.03. The Morgan fingerprint density at radius 2 is 1.94 bits per heavy atom. The number of esters is 1. The van der Waals surface area contributed by atoms with Crippen LogP contribution in [0.2, 0.25) is 0 Å². The lowest BCUT2D eigenvalue weighted by molar-refractivity contribution is -0.165. The minimum Gasteiger partial charge on any atom is -0.457 e. The van der Waals surface area contributed by atoms with Crippen LogP contribution in [0.1, 0.15) is 79.1 Å². The van der Waals surface area contributed by atoms with E-state index in [-0.39, 0.29) is 24.1 Å². The fraction of sp³-hybridized carbons (Fsp3) is 0.929. The van der Waals surface area contributed by atoms with Crippen molar-refractivity contribution in [3.8, 4) is 0 Å². The lowest BCUT2D eigenvalue weighted by atomic mass is 9.45. The topological polar surface area (TPSA) is 57.1 Å². The smallest absolute Gasteiger partial charge is 0.319 e. The molecule has 6 fully saturated rings. The fourth-order valence-electron chi connectivity index (χ4n) is 11.4. The standard InChI is InChI=1S/C28H41NO4/c1-14(23-24-22(25(30)32-23)15(2)29-33-24)18-6-7-19-17-12-21(31-5)28-13-16(28)8-11-27(28,4)20(17)9-10-26(18,19)3/h14,16-24H,6-13H2,1-5H3/t14-,16+,17-,18+,19-,20-,21+,22+,23+,24-,26+,27+,28-/m0/s1. The van der Waals surface area contributed by atoms with Crippen LogP contribution in [-0.2, 0) is 19.1 Å². The fourth-order valence-corrected chi connectivity index (χ4v) is 11.4.